The fraction of sp³-hybridized carbons (Fsp3) is 0.417. The number of carbonyl (C=O) groups excluding carboxylic acids is 1. The van der Waals surface area contributed by atoms with Crippen LogP contribution in [0.2, 0.25) is 0 Å². The molecule has 1 saturated heterocycles. The van der Waals surface area contributed by atoms with Crippen LogP contribution in [0.3, 0.4) is 0 Å². The van der Waals surface area contributed by atoms with Crippen LogP contribution in [-0.2, 0) is 0 Å². The van der Waals surface area contributed by atoms with Crippen LogP contribution in [-0.4, -0.2) is 48.9 Å². The molecule has 0 atom stereocenters. The van der Waals surface area contributed by atoms with Gasteiger partial charge in [0.2, 0.25) is 0 Å². The maximum Gasteiger partial charge on any atom is 0.254 e. The number of amides is 1. The summed E-state index contributed by atoms with van der Waals surface area (Å²) in [6.45, 7) is 3.50. The molecule has 1 amide bonds. The summed E-state index contributed by atoms with van der Waals surface area (Å²) < 4.78 is 1.84. The average Bonchev–Trinajstić information content (AvgIpc) is 2.28. The predicted octanol–water partition coefficient (Wildman–Crippen LogP) is 2.60. The monoisotopic (exact) mass is 360 g/mol. The van der Waals surface area contributed by atoms with E-state index in [0.717, 1.165) is 40.7 Å². The average molecular weight is 362 g/mol. The predicted molar refractivity (Wildman–Crippen MR) is 75.2 cm³/mol. The summed E-state index contributed by atoms with van der Waals surface area (Å²) >= 11 is 6.81. The standard InChI is InChI=1S/C12H14Br2N2O/c1-15-2-4-16(5-3-15)12(17)9-6-10(13)8-11(14)7-9/h6-8H,2-5H2,1H3. The van der Waals surface area contributed by atoms with Crippen molar-refractivity contribution in [2.45, 2.75) is 0 Å². The number of likely N-dealkylation sites (N-methyl/N-ethyl adjacent to an activating group) is 1. The van der Waals surface area contributed by atoms with Crippen LogP contribution in [0.15, 0.2) is 27.1 Å². The number of nitrogens with zero attached hydrogens (tertiary/aromatic N) is 2. The second kappa shape index (κ2) is 5.50. The van der Waals surface area contributed by atoms with Crippen LogP contribution in [0.1, 0.15) is 10.4 Å². The fourth-order valence-electron chi connectivity index (χ4n) is 1.87. The number of carbonyl (C=O) groups is 1. The van der Waals surface area contributed by atoms with Crippen molar-refractivity contribution in [2.75, 3.05) is 33.2 Å². The Morgan fingerprint density at radius 1 is 1.06 bits per heavy atom. The normalized spacial score (nSPS) is 17.2. The molecule has 1 aliphatic rings. The van der Waals surface area contributed by atoms with Gasteiger partial charge < -0.3 is 9.80 Å². The minimum Gasteiger partial charge on any atom is -0.336 e. The van der Waals surface area contributed by atoms with Crippen molar-refractivity contribution in [3.05, 3.63) is 32.7 Å². The number of halogens is 2. The van der Waals surface area contributed by atoms with E-state index in [1.807, 2.05) is 23.1 Å². The van der Waals surface area contributed by atoms with E-state index in [1.165, 1.54) is 0 Å². The second-order valence-corrected chi connectivity index (χ2v) is 6.08. The van der Waals surface area contributed by atoms with Gasteiger partial charge >= 0.3 is 0 Å². The Morgan fingerprint density at radius 3 is 2.12 bits per heavy atom. The molecule has 0 aliphatic carbocycles. The molecule has 17 heavy (non-hydrogen) atoms. The van der Waals surface area contributed by atoms with E-state index in [0.29, 0.717) is 0 Å². The maximum atomic E-state index is 12.3. The lowest BCUT2D eigenvalue weighted by molar-refractivity contribution is 0.0664. The second-order valence-electron chi connectivity index (χ2n) is 4.25. The van der Waals surface area contributed by atoms with E-state index < -0.39 is 0 Å². The summed E-state index contributed by atoms with van der Waals surface area (Å²) in [6, 6.07) is 5.66. The highest BCUT2D eigenvalue weighted by Gasteiger charge is 2.20. The molecule has 1 fully saturated rings. The van der Waals surface area contributed by atoms with Crippen LogP contribution < -0.4 is 0 Å². The van der Waals surface area contributed by atoms with E-state index in [1.54, 1.807) is 0 Å². The minimum absolute atomic E-state index is 0.111. The molecule has 5 heteroatoms. The van der Waals surface area contributed by atoms with E-state index in [-0.39, 0.29) is 5.91 Å². The molecule has 0 aromatic heterocycles. The Kier molecular flexibility index (Phi) is 4.22. The quantitative estimate of drug-likeness (QED) is 0.767. The smallest absolute Gasteiger partial charge is 0.254 e. The van der Waals surface area contributed by atoms with E-state index >= 15 is 0 Å². The molecule has 1 aliphatic heterocycles. The van der Waals surface area contributed by atoms with Gasteiger partial charge in [-0.15, -0.1) is 0 Å². The summed E-state index contributed by atoms with van der Waals surface area (Å²) in [5.41, 5.74) is 0.732. The van der Waals surface area contributed by atoms with Crippen molar-refractivity contribution >= 4 is 37.8 Å². The molecule has 3 nitrogen and oxygen atoms in total. The molecule has 2 rings (SSSR count). The van der Waals surface area contributed by atoms with Crippen molar-refractivity contribution < 1.29 is 4.79 Å². The van der Waals surface area contributed by atoms with Crippen molar-refractivity contribution in [2.24, 2.45) is 0 Å². The van der Waals surface area contributed by atoms with Crippen molar-refractivity contribution in [1.29, 1.82) is 0 Å². The van der Waals surface area contributed by atoms with Crippen LogP contribution >= 0.6 is 31.9 Å². The molecular weight excluding hydrogens is 348 g/mol. The van der Waals surface area contributed by atoms with Gasteiger partial charge in [0, 0.05) is 40.7 Å². The molecule has 0 N–H and O–H groups in total. The largest absolute Gasteiger partial charge is 0.336 e. The van der Waals surface area contributed by atoms with Crippen molar-refractivity contribution in [1.82, 2.24) is 9.80 Å². The number of rotatable bonds is 1. The van der Waals surface area contributed by atoms with Gasteiger partial charge in [0.05, 0.1) is 0 Å². The highest BCUT2D eigenvalue weighted by atomic mass is 79.9. The summed E-state index contributed by atoms with van der Waals surface area (Å²) in [5, 5.41) is 0. The lowest BCUT2D eigenvalue weighted by atomic mass is 10.2. The van der Waals surface area contributed by atoms with Crippen molar-refractivity contribution in [3.63, 3.8) is 0 Å². The minimum atomic E-state index is 0.111. The molecule has 0 bridgehead atoms. The molecule has 1 aromatic carbocycles. The molecule has 1 heterocycles. The zero-order valence-electron chi connectivity index (χ0n) is 9.62. The SMILES string of the molecule is CN1CCN(C(=O)c2cc(Br)cc(Br)c2)CC1. The molecule has 92 valence electrons. The zero-order valence-corrected chi connectivity index (χ0v) is 12.8. The molecule has 1 aromatic rings. The molecule has 0 spiro atoms. The summed E-state index contributed by atoms with van der Waals surface area (Å²) in [6.07, 6.45) is 0. The van der Waals surface area contributed by atoms with Gasteiger partial charge in [-0.25, -0.2) is 0 Å². The molecule has 0 saturated carbocycles. The van der Waals surface area contributed by atoms with E-state index in [4.69, 9.17) is 0 Å². The first-order chi connectivity index (χ1) is 8.06. The van der Waals surface area contributed by atoms with Crippen LogP contribution in [0, 0.1) is 0 Å². The summed E-state index contributed by atoms with van der Waals surface area (Å²) in [4.78, 5) is 16.4. The number of benzene rings is 1. The first-order valence-electron chi connectivity index (χ1n) is 5.50. The number of hydrogen-bond donors (Lipinski definition) is 0. The van der Waals surface area contributed by atoms with Gasteiger partial charge in [-0.05, 0) is 25.2 Å². The Hall–Kier alpha value is -0.390. The summed E-state index contributed by atoms with van der Waals surface area (Å²) in [7, 11) is 2.08. The van der Waals surface area contributed by atoms with Crippen molar-refractivity contribution in [3.8, 4) is 0 Å². The number of hydrogen-bond acceptors (Lipinski definition) is 2. The van der Waals surface area contributed by atoms with Crippen LogP contribution in [0.25, 0.3) is 0 Å². The van der Waals surface area contributed by atoms with E-state index in [2.05, 4.69) is 43.8 Å². The Labute approximate surface area is 118 Å². The Bertz CT molecular complexity index is 408. The highest BCUT2D eigenvalue weighted by molar-refractivity contribution is 9.11. The topological polar surface area (TPSA) is 23.6 Å². The zero-order chi connectivity index (χ0) is 12.4. The first-order valence-corrected chi connectivity index (χ1v) is 7.09. The third-order valence-electron chi connectivity index (χ3n) is 2.90. The third kappa shape index (κ3) is 3.30. The molecule has 0 unspecified atom stereocenters. The van der Waals surface area contributed by atoms with Gasteiger partial charge in [-0.1, -0.05) is 31.9 Å². The first kappa shape index (κ1) is 13.1. The molecular formula is C12H14Br2N2O. The maximum absolute atomic E-state index is 12.3. The fourth-order valence-corrected chi connectivity index (χ4v) is 3.16. The van der Waals surface area contributed by atoms with Gasteiger partial charge in [-0.2, -0.15) is 0 Å². The van der Waals surface area contributed by atoms with Gasteiger partial charge in [-0.3, -0.25) is 4.79 Å². The highest BCUT2D eigenvalue weighted by Crippen LogP contribution is 2.21. The Balaban J connectivity index is 2.14. The van der Waals surface area contributed by atoms with Crippen LogP contribution in [0.4, 0.5) is 0 Å². The molecule has 0 radical (unpaired) electrons. The van der Waals surface area contributed by atoms with Crippen LogP contribution in [0.5, 0.6) is 0 Å². The lowest BCUT2D eigenvalue weighted by Gasteiger charge is -2.32. The third-order valence-corrected chi connectivity index (χ3v) is 3.82. The van der Waals surface area contributed by atoms with E-state index in [9.17, 15) is 4.79 Å². The van der Waals surface area contributed by atoms with Gasteiger partial charge in [0.1, 0.15) is 0 Å². The lowest BCUT2D eigenvalue weighted by Crippen LogP contribution is -2.47. The van der Waals surface area contributed by atoms with Gasteiger partial charge in [0.25, 0.3) is 5.91 Å². The summed E-state index contributed by atoms with van der Waals surface area (Å²) in [5.74, 6) is 0.111. The Morgan fingerprint density at radius 2 is 1.59 bits per heavy atom. The van der Waals surface area contributed by atoms with Gasteiger partial charge in [0.15, 0.2) is 0 Å². The number of piperazine rings is 1.